The Bertz CT molecular complexity index is 500. The van der Waals surface area contributed by atoms with Crippen molar-refractivity contribution in [3.05, 3.63) is 28.0 Å². The Hall–Kier alpha value is -0.550. The van der Waals surface area contributed by atoms with Gasteiger partial charge in [-0.25, -0.2) is 4.39 Å². The zero-order valence-electron chi connectivity index (χ0n) is 10.7. The van der Waals surface area contributed by atoms with Crippen LogP contribution < -0.4 is 5.32 Å². The van der Waals surface area contributed by atoms with Crippen molar-refractivity contribution >= 4 is 38.5 Å². The van der Waals surface area contributed by atoms with E-state index in [0.717, 1.165) is 28.7 Å². The molecule has 2 nitrogen and oxygen atoms in total. The van der Waals surface area contributed by atoms with E-state index in [1.54, 1.807) is 17.8 Å². The quantitative estimate of drug-likeness (QED) is 0.823. The number of benzene rings is 1. The van der Waals surface area contributed by atoms with E-state index >= 15 is 0 Å². The van der Waals surface area contributed by atoms with Crippen LogP contribution in [0.15, 0.2) is 21.6 Å². The summed E-state index contributed by atoms with van der Waals surface area (Å²) in [7, 11) is 0. The van der Waals surface area contributed by atoms with Crippen LogP contribution in [0.25, 0.3) is 0 Å². The molecule has 0 saturated heterocycles. The Morgan fingerprint density at radius 1 is 1.44 bits per heavy atom. The summed E-state index contributed by atoms with van der Waals surface area (Å²) in [6.45, 7) is 7.15. The summed E-state index contributed by atoms with van der Waals surface area (Å²) in [5.41, 5.74) is 2.02. The zero-order chi connectivity index (χ0) is 13.3. The second-order valence-electron chi connectivity index (χ2n) is 5.28. The molecule has 2 rings (SSSR count). The Kier molecular flexibility index (Phi) is 4.02. The van der Waals surface area contributed by atoms with E-state index in [1.165, 1.54) is 6.07 Å². The average Bonchev–Trinajstić information content (AvgIpc) is 2.28. The summed E-state index contributed by atoms with van der Waals surface area (Å²) in [5, 5.41) is 4.08. The summed E-state index contributed by atoms with van der Waals surface area (Å²) in [6, 6.07) is 3.28. The first kappa shape index (κ1) is 13.9. The third-order valence-corrected chi connectivity index (χ3v) is 4.80. The van der Waals surface area contributed by atoms with E-state index in [0.29, 0.717) is 4.47 Å². The van der Waals surface area contributed by atoms with Crippen molar-refractivity contribution < 1.29 is 4.39 Å². The molecule has 1 aromatic rings. The molecule has 0 atom stereocenters. The summed E-state index contributed by atoms with van der Waals surface area (Å²) in [6.07, 6.45) is 0. The van der Waals surface area contributed by atoms with Crippen LogP contribution in [-0.4, -0.2) is 17.5 Å². The monoisotopic (exact) mass is 330 g/mol. The molecule has 0 amide bonds. The molecule has 0 unspecified atom stereocenters. The third kappa shape index (κ3) is 3.26. The van der Waals surface area contributed by atoms with Gasteiger partial charge in [-0.05, 0) is 46.0 Å². The van der Waals surface area contributed by atoms with Crippen LogP contribution in [0.5, 0.6) is 0 Å². The molecule has 0 spiro atoms. The largest absolute Gasteiger partial charge is 0.335 e. The molecule has 5 heteroatoms. The number of nitrogens with zero attached hydrogens (tertiary/aromatic N) is 1. The van der Waals surface area contributed by atoms with Gasteiger partial charge >= 0.3 is 0 Å². The van der Waals surface area contributed by atoms with Crippen LogP contribution in [-0.2, 0) is 0 Å². The van der Waals surface area contributed by atoms with Crippen LogP contribution >= 0.6 is 27.7 Å². The normalized spacial score (nSPS) is 18.4. The molecule has 0 aromatic heterocycles. The number of aliphatic imine (C=N–C) groups is 1. The maximum atomic E-state index is 13.5. The van der Waals surface area contributed by atoms with E-state index in [2.05, 4.69) is 40.1 Å². The molecule has 18 heavy (non-hydrogen) atoms. The molecule has 1 aromatic carbocycles. The van der Waals surface area contributed by atoms with Gasteiger partial charge in [0.05, 0.1) is 4.47 Å². The highest BCUT2D eigenvalue weighted by Gasteiger charge is 2.23. The first-order valence-electron chi connectivity index (χ1n) is 5.77. The molecule has 0 bridgehead atoms. The number of thioether (sulfide) groups is 1. The summed E-state index contributed by atoms with van der Waals surface area (Å²) < 4.78 is 14.0. The van der Waals surface area contributed by atoms with Gasteiger partial charge in [0.25, 0.3) is 0 Å². The molecule has 0 saturated carbocycles. The highest BCUT2D eigenvalue weighted by Crippen LogP contribution is 2.30. The zero-order valence-corrected chi connectivity index (χ0v) is 13.1. The molecular formula is C13H16BrFN2S. The lowest BCUT2D eigenvalue weighted by Gasteiger charge is -2.27. The number of hydrogen-bond acceptors (Lipinski definition) is 3. The number of aryl methyl sites for hydroxylation is 1. The number of anilines is 1. The van der Waals surface area contributed by atoms with Crippen molar-refractivity contribution in [3.8, 4) is 0 Å². The molecular weight excluding hydrogens is 315 g/mol. The molecule has 1 aliphatic heterocycles. The highest BCUT2D eigenvalue weighted by molar-refractivity contribution is 9.10. The van der Waals surface area contributed by atoms with Crippen molar-refractivity contribution in [1.29, 1.82) is 0 Å². The Labute approximate surface area is 120 Å². The van der Waals surface area contributed by atoms with E-state index in [4.69, 9.17) is 0 Å². The number of halogens is 2. The maximum Gasteiger partial charge on any atom is 0.161 e. The van der Waals surface area contributed by atoms with Gasteiger partial charge in [0.2, 0.25) is 0 Å². The van der Waals surface area contributed by atoms with Crippen LogP contribution in [0.2, 0.25) is 0 Å². The second-order valence-corrected chi connectivity index (χ2v) is 7.10. The predicted octanol–water partition coefficient (Wildman–Crippen LogP) is 4.44. The van der Waals surface area contributed by atoms with Crippen LogP contribution in [0, 0.1) is 18.2 Å². The van der Waals surface area contributed by atoms with Crippen LogP contribution in [0.1, 0.15) is 19.4 Å². The minimum absolute atomic E-state index is 0.246. The Balaban J connectivity index is 2.16. The predicted molar refractivity (Wildman–Crippen MR) is 81.0 cm³/mol. The Morgan fingerprint density at radius 3 is 2.78 bits per heavy atom. The van der Waals surface area contributed by atoms with E-state index in [9.17, 15) is 4.39 Å². The molecule has 0 radical (unpaired) electrons. The van der Waals surface area contributed by atoms with Gasteiger partial charge in [-0.15, -0.1) is 0 Å². The van der Waals surface area contributed by atoms with E-state index in [1.807, 2.05) is 6.92 Å². The molecule has 0 fully saturated rings. The summed E-state index contributed by atoms with van der Waals surface area (Å²) in [4.78, 5) is 4.51. The standard InChI is InChI=1S/C13H16BrFN2S/c1-8-4-9(14)10(15)5-11(8)17-12-16-6-13(2,3)7-18-12/h4-5H,6-7H2,1-3H3,(H,16,17). The fraction of sp³-hybridized carbons (Fsp3) is 0.462. The smallest absolute Gasteiger partial charge is 0.161 e. The fourth-order valence-corrected chi connectivity index (χ4v) is 3.03. The molecule has 1 N–H and O–H groups in total. The number of rotatable bonds is 1. The van der Waals surface area contributed by atoms with Crippen molar-refractivity contribution in [3.63, 3.8) is 0 Å². The lowest BCUT2D eigenvalue weighted by molar-refractivity contribution is 0.438. The SMILES string of the molecule is Cc1cc(Br)c(F)cc1NC1=NCC(C)(C)CS1. The first-order chi connectivity index (χ1) is 8.37. The lowest BCUT2D eigenvalue weighted by Crippen LogP contribution is -2.27. The first-order valence-corrected chi connectivity index (χ1v) is 7.55. The van der Waals surface area contributed by atoms with Crippen molar-refractivity contribution in [2.75, 3.05) is 17.6 Å². The topological polar surface area (TPSA) is 24.4 Å². The third-order valence-electron chi connectivity index (χ3n) is 2.76. The Morgan fingerprint density at radius 2 is 2.17 bits per heavy atom. The lowest BCUT2D eigenvalue weighted by atomic mass is 9.97. The van der Waals surface area contributed by atoms with Gasteiger partial charge in [0.15, 0.2) is 5.17 Å². The minimum Gasteiger partial charge on any atom is -0.335 e. The molecule has 1 aliphatic rings. The van der Waals surface area contributed by atoms with Crippen molar-refractivity contribution in [1.82, 2.24) is 0 Å². The number of nitrogens with one attached hydrogen (secondary N) is 1. The molecule has 0 aliphatic carbocycles. The van der Waals surface area contributed by atoms with Crippen molar-refractivity contribution in [2.45, 2.75) is 20.8 Å². The summed E-state index contributed by atoms with van der Waals surface area (Å²) in [5.74, 6) is 0.765. The van der Waals surface area contributed by atoms with Gasteiger partial charge in [0, 0.05) is 18.0 Å². The number of hydrogen-bond donors (Lipinski definition) is 1. The second kappa shape index (κ2) is 5.21. The van der Waals surface area contributed by atoms with Gasteiger partial charge < -0.3 is 5.32 Å². The van der Waals surface area contributed by atoms with E-state index < -0.39 is 0 Å². The van der Waals surface area contributed by atoms with Gasteiger partial charge in [0.1, 0.15) is 5.82 Å². The van der Waals surface area contributed by atoms with Gasteiger partial charge in [-0.2, -0.15) is 0 Å². The average molecular weight is 331 g/mol. The minimum atomic E-state index is -0.259. The van der Waals surface area contributed by atoms with Gasteiger partial charge in [-0.3, -0.25) is 4.99 Å². The van der Waals surface area contributed by atoms with Gasteiger partial charge in [-0.1, -0.05) is 25.6 Å². The summed E-state index contributed by atoms with van der Waals surface area (Å²) >= 11 is 4.87. The van der Waals surface area contributed by atoms with E-state index in [-0.39, 0.29) is 11.2 Å². The van der Waals surface area contributed by atoms with Crippen molar-refractivity contribution in [2.24, 2.45) is 10.4 Å². The fourth-order valence-electron chi connectivity index (χ4n) is 1.61. The maximum absolute atomic E-state index is 13.5. The molecule has 1 heterocycles. The highest BCUT2D eigenvalue weighted by atomic mass is 79.9. The van der Waals surface area contributed by atoms with Crippen LogP contribution in [0.3, 0.4) is 0 Å². The van der Waals surface area contributed by atoms with Crippen LogP contribution in [0.4, 0.5) is 10.1 Å². The number of amidine groups is 1. The molecule has 98 valence electrons.